The van der Waals surface area contributed by atoms with Crippen LogP contribution < -0.4 is 25.0 Å². The van der Waals surface area contributed by atoms with Gasteiger partial charge in [0.25, 0.3) is 0 Å². The van der Waals surface area contributed by atoms with Crippen molar-refractivity contribution >= 4 is 39.2 Å². The van der Waals surface area contributed by atoms with Crippen molar-refractivity contribution in [2.45, 2.75) is 12.5 Å². The molecule has 0 radical (unpaired) electrons. The molecule has 1 aliphatic rings. The van der Waals surface area contributed by atoms with Crippen molar-refractivity contribution in [3.05, 3.63) is 46.9 Å². The van der Waals surface area contributed by atoms with Crippen LogP contribution in [0.5, 0.6) is 11.5 Å². The molecule has 1 fully saturated rings. The molecule has 142 valence electrons. The van der Waals surface area contributed by atoms with E-state index >= 15 is 0 Å². The first kappa shape index (κ1) is 19.0. The standard InChI is InChI=1S/C19H20BrN3O4/c1-26-16-8-7-15(10-17(16)27-2)23-11-14(9-18(23)24)22-19(25)21-13-5-3-12(20)4-6-13/h3-8,10,14H,9,11H2,1-2H3,(H2,21,22,25). The first-order valence-electron chi connectivity index (χ1n) is 8.35. The van der Waals surface area contributed by atoms with Crippen molar-refractivity contribution < 1.29 is 19.1 Å². The molecule has 0 aromatic heterocycles. The van der Waals surface area contributed by atoms with E-state index in [0.29, 0.717) is 29.4 Å². The molecule has 2 aromatic rings. The number of carbonyl (C=O) groups excluding carboxylic acids is 2. The molecule has 0 bridgehead atoms. The summed E-state index contributed by atoms with van der Waals surface area (Å²) < 4.78 is 11.4. The molecule has 1 atom stereocenters. The zero-order chi connectivity index (χ0) is 19.4. The molecule has 1 unspecified atom stereocenters. The van der Waals surface area contributed by atoms with Crippen LogP contribution in [0.25, 0.3) is 0 Å². The molecular formula is C19H20BrN3O4. The summed E-state index contributed by atoms with van der Waals surface area (Å²) in [6.45, 7) is 0.391. The Labute approximate surface area is 165 Å². The van der Waals surface area contributed by atoms with Gasteiger partial charge in [0.05, 0.1) is 20.3 Å². The molecule has 3 rings (SSSR count). The zero-order valence-corrected chi connectivity index (χ0v) is 16.6. The van der Waals surface area contributed by atoms with E-state index in [1.807, 2.05) is 12.1 Å². The van der Waals surface area contributed by atoms with Crippen molar-refractivity contribution in [2.24, 2.45) is 0 Å². The van der Waals surface area contributed by atoms with Gasteiger partial charge in [-0.1, -0.05) is 15.9 Å². The second-order valence-electron chi connectivity index (χ2n) is 6.05. The molecular weight excluding hydrogens is 414 g/mol. The van der Waals surface area contributed by atoms with Gasteiger partial charge in [-0.15, -0.1) is 0 Å². The summed E-state index contributed by atoms with van der Waals surface area (Å²) >= 11 is 3.35. The Morgan fingerprint density at radius 3 is 2.48 bits per heavy atom. The van der Waals surface area contributed by atoms with Gasteiger partial charge in [0, 0.05) is 34.9 Å². The first-order chi connectivity index (χ1) is 13.0. The SMILES string of the molecule is COc1ccc(N2CC(NC(=O)Nc3ccc(Br)cc3)CC2=O)cc1OC. The fourth-order valence-electron chi connectivity index (χ4n) is 2.93. The number of hydrogen-bond donors (Lipinski definition) is 2. The number of ether oxygens (including phenoxy) is 2. The third kappa shape index (κ3) is 4.51. The Balaban J connectivity index is 1.63. The number of nitrogens with one attached hydrogen (secondary N) is 2. The summed E-state index contributed by atoms with van der Waals surface area (Å²) in [5, 5.41) is 5.60. The highest BCUT2D eigenvalue weighted by Crippen LogP contribution is 2.33. The van der Waals surface area contributed by atoms with E-state index < -0.39 is 0 Å². The van der Waals surface area contributed by atoms with Gasteiger partial charge in [0.2, 0.25) is 5.91 Å². The van der Waals surface area contributed by atoms with E-state index in [1.165, 1.54) is 0 Å². The fraction of sp³-hybridized carbons (Fsp3) is 0.263. The number of hydrogen-bond acceptors (Lipinski definition) is 4. The molecule has 1 aliphatic heterocycles. The minimum atomic E-state index is -0.343. The summed E-state index contributed by atoms with van der Waals surface area (Å²) in [4.78, 5) is 26.2. The lowest BCUT2D eigenvalue weighted by atomic mass is 10.2. The Morgan fingerprint density at radius 1 is 1.11 bits per heavy atom. The Kier molecular flexibility index (Phi) is 5.85. The zero-order valence-electron chi connectivity index (χ0n) is 15.0. The van der Waals surface area contributed by atoms with Gasteiger partial charge in [-0.2, -0.15) is 0 Å². The second kappa shape index (κ2) is 8.30. The normalized spacial score (nSPS) is 16.2. The second-order valence-corrected chi connectivity index (χ2v) is 6.97. The average molecular weight is 434 g/mol. The van der Waals surface area contributed by atoms with Crippen LogP contribution in [0.15, 0.2) is 46.9 Å². The molecule has 3 amide bonds. The number of amides is 3. The smallest absolute Gasteiger partial charge is 0.319 e. The fourth-order valence-corrected chi connectivity index (χ4v) is 3.20. The van der Waals surface area contributed by atoms with Gasteiger partial charge in [-0.25, -0.2) is 4.79 Å². The van der Waals surface area contributed by atoms with Crippen LogP contribution in [-0.4, -0.2) is 38.7 Å². The van der Waals surface area contributed by atoms with Gasteiger partial charge in [0.15, 0.2) is 11.5 Å². The van der Waals surface area contributed by atoms with Crippen molar-refractivity contribution in [3.63, 3.8) is 0 Å². The highest BCUT2D eigenvalue weighted by Gasteiger charge is 2.32. The molecule has 0 saturated carbocycles. The van der Waals surface area contributed by atoms with Crippen molar-refractivity contribution in [1.29, 1.82) is 0 Å². The quantitative estimate of drug-likeness (QED) is 0.756. The lowest BCUT2D eigenvalue weighted by Crippen LogP contribution is -2.39. The number of carbonyl (C=O) groups is 2. The van der Waals surface area contributed by atoms with Crippen LogP contribution in [0.4, 0.5) is 16.2 Å². The van der Waals surface area contributed by atoms with E-state index in [9.17, 15) is 9.59 Å². The maximum Gasteiger partial charge on any atom is 0.319 e. The predicted octanol–water partition coefficient (Wildman–Crippen LogP) is 3.39. The molecule has 8 heteroatoms. The van der Waals surface area contributed by atoms with E-state index in [0.717, 1.165) is 4.47 Å². The first-order valence-corrected chi connectivity index (χ1v) is 9.15. The molecule has 7 nitrogen and oxygen atoms in total. The number of halogens is 1. The number of methoxy groups -OCH3 is 2. The third-order valence-corrected chi connectivity index (χ3v) is 4.77. The molecule has 0 aliphatic carbocycles. The number of nitrogens with zero attached hydrogens (tertiary/aromatic N) is 1. The summed E-state index contributed by atoms with van der Waals surface area (Å²) in [6, 6.07) is 11.9. The molecule has 2 N–H and O–H groups in total. The molecule has 0 spiro atoms. The van der Waals surface area contributed by atoms with E-state index in [4.69, 9.17) is 9.47 Å². The lowest BCUT2D eigenvalue weighted by Gasteiger charge is -2.19. The maximum absolute atomic E-state index is 12.4. The average Bonchev–Trinajstić information content (AvgIpc) is 3.02. The summed E-state index contributed by atoms with van der Waals surface area (Å²) in [5.74, 6) is 1.08. The largest absolute Gasteiger partial charge is 0.493 e. The monoisotopic (exact) mass is 433 g/mol. The number of benzene rings is 2. The maximum atomic E-state index is 12.4. The molecule has 1 heterocycles. The summed E-state index contributed by atoms with van der Waals surface area (Å²) in [7, 11) is 3.10. The van der Waals surface area contributed by atoms with Gasteiger partial charge in [-0.3, -0.25) is 4.79 Å². The molecule has 1 saturated heterocycles. The highest BCUT2D eigenvalue weighted by molar-refractivity contribution is 9.10. The Morgan fingerprint density at radius 2 is 1.81 bits per heavy atom. The van der Waals surface area contributed by atoms with Gasteiger partial charge < -0.3 is 25.0 Å². The number of urea groups is 1. The van der Waals surface area contributed by atoms with Crippen LogP contribution in [-0.2, 0) is 4.79 Å². The van der Waals surface area contributed by atoms with Gasteiger partial charge in [0.1, 0.15) is 0 Å². The Bertz CT molecular complexity index is 841. The van der Waals surface area contributed by atoms with Crippen LogP contribution in [0.1, 0.15) is 6.42 Å². The van der Waals surface area contributed by atoms with Crippen LogP contribution in [0.3, 0.4) is 0 Å². The van der Waals surface area contributed by atoms with Gasteiger partial charge >= 0.3 is 6.03 Å². The minimum Gasteiger partial charge on any atom is -0.493 e. The van der Waals surface area contributed by atoms with Gasteiger partial charge in [-0.05, 0) is 36.4 Å². The van der Waals surface area contributed by atoms with Crippen molar-refractivity contribution in [1.82, 2.24) is 5.32 Å². The van der Waals surface area contributed by atoms with Crippen LogP contribution in [0, 0.1) is 0 Å². The van der Waals surface area contributed by atoms with Crippen LogP contribution in [0.2, 0.25) is 0 Å². The number of anilines is 2. The van der Waals surface area contributed by atoms with E-state index in [2.05, 4.69) is 26.6 Å². The topological polar surface area (TPSA) is 79.9 Å². The predicted molar refractivity (Wildman–Crippen MR) is 107 cm³/mol. The van der Waals surface area contributed by atoms with Crippen molar-refractivity contribution in [3.8, 4) is 11.5 Å². The van der Waals surface area contributed by atoms with Crippen LogP contribution >= 0.6 is 15.9 Å². The summed E-state index contributed by atoms with van der Waals surface area (Å²) in [6.07, 6.45) is 0.238. The molecule has 27 heavy (non-hydrogen) atoms. The Hall–Kier alpha value is -2.74. The highest BCUT2D eigenvalue weighted by atomic mass is 79.9. The lowest BCUT2D eigenvalue weighted by molar-refractivity contribution is -0.117. The number of rotatable bonds is 5. The summed E-state index contributed by atoms with van der Waals surface area (Å²) in [5.41, 5.74) is 1.38. The van der Waals surface area contributed by atoms with E-state index in [1.54, 1.807) is 49.5 Å². The third-order valence-electron chi connectivity index (χ3n) is 4.24. The molecule has 2 aromatic carbocycles. The van der Waals surface area contributed by atoms with E-state index in [-0.39, 0.29) is 24.4 Å². The minimum absolute atomic E-state index is 0.0591. The van der Waals surface area contributed by atoms with Crippen molar-refractivity contribution in [2.75, 3.05) is 31.0 Å².